The predicted molar refractivity (Wildman–Crippen MR) is 149 cm³/mol. The Bertz CT molecular complexity index is 1350. The van der Waals surface area contributed by atoms with Gasteiger partial charge in [-0.15, -0.1) is 0 Å². The number of para-hydroxylation sites is 1. The van der Waals surface area contributed by atoms with E-state index in [1.165, 1.54) is 0 Å². The first-order valence-corrected chi connectivity index (χ1v) is 13.5. The number of anilines is 1. The van der Waals surface area contributed by atoms with Crippen LogP contribution in [0.3, 0.4) is 0 Å². The van der Waals surface area contributed by atoms with Crippen LogP contribution in [0.25, 0.3) is 21.9 Å². The second-order valence-electron chi connectivity index (χ2n) is 11.4. The van der Waals surface area contributed by atoms with Gasteiger partial charge in [-0.05, 0) is 45.6 Å². The van der Waals surface area contributed by atoms with Gasteiger partial charge in [0.15, 0.2) is 5.82 Å². The van der Waals surface area contributed by atoms with Gasteiger partial charge in [-0.2, -0.15) is 17.9 Å². The Balaban J connectivity index is 1.80. The van der Waals surface area contributed by atoms with Crippen LogP contribution in [-0.4, -0.2) is 51.4 Å². The lowest BCUT2D eigenvalue weighted by atomic mass is 9.80. The first kappa shape index (κ1) is 31.1. The number of carbonyl (C=O) groups excluding carboxylic acids is 2. The van der Waals surface area contributed by atoms with Crippen LogP contribution in [0.2, 0.25) is 0 Å². The topological polar surface area (TPSA) is 124 Å². The Morgan fingerprint density at radius 1 is 1.02 bits per heavy atom. The van der Waals surface area contributed by atoms with E-state index in [2.05, 4.69) is 15.3 Å². The van der Waals surface area contributed by atoms with Crippen LogP contribution < -0.4 is 21.2 Å². The molecule has 2 heterocycles. The van der Waals surface area contributed by atoms with E-state index in [1.807, 2.05) is 39.9 Å². The molecule has 220 valence electrons. The van der Waals surface area contributed by atoms with E-state index < -0.39 is 23.0 Å². The summed E-state index contributed by atoms with van der Waals surface area (Å²) in [5, 5.41) is 5.47. The first-order chi connectivity index (χ1) is 18.6. The molecule has 2 aromatic heterocycles. The number of pyridine rings is 1. The number of aryl methyl sites for hydroxylation is 1. The molecule has 0 aliphatic rings. The van der Waals surface area contributed by atoms with Crippen molar-refractivity contribution in [1.29, 1.82) is 0 Å². The van der Waals surface area contributed by atoms with Crippen molar-refractivity contribution in [2.24, 2.45) is 11.1 Å². The zero-order chi connectivity index (χ0) is 29.7. The van der Waals surface area contributed by atoms with E-state index in [0.717, 1.165) is 12.8 Å². The van der Waals surface area contributed by atoms with E-state index in [4.69, 9.17) is 10.6 Å². The molecule has 40 heavy (non-hydrogen) atoms. The van der Waals surface area contributed by atoms with Crippen molar-refractivity contribution in [3.63, 3.8) is 0 Å². The number of amides is 2. The molecule has 2 amide bonds. The molecule has 0 radical (unpaired) electrons. The third-order valence-corrected chi connectivity index (χ3v) is 6.35. The van der Waals surface area contributed by atoms with Gasteiger partial charge in [0.05, 0.1) is 5.52 Å². The van der Waals surface area contributed by atoms with E-state index in [1.54, 1.807) is 29.0 Å². The average molecular weight is 565 g/mol. The highest BCUT2D eigenvalue weighted by atomic mass is 19.4. The monoisotopic (exact) mass is 564 g/mol. The molecule has 0 fully saturated rings. The van der Waals surface area contributed by atoms with Crippen molar-refractivity contribution in [2.45, 2.75) is 84.9 Å². The van der Waals surface area contributed by atoms with Crippen LogP contribution in [0, 0.1) is 5.41 Å². The number of halogens is 3. The maximum Gasteiger partial charge on any atom is 0.471 e. The molecular formula is C28H39F3N6O3. The summed E-state index contributed by atoms with van der Waals surface area (Å²) in [6.45, 7) is 10.3. The predicted octanol–water partition coefficient (Wildman–Crippen LogP) is 4.91. The fourth-order valence-electron chi connectivity index (χ4n) is 4.74. The van der Waals surface area contributed by atoms with Crippen LogP contribution >= 0.6 is 0 Å². The van der Waals surface area contributed by atoms with Crippen LogP contribution in [0.1, 0.15) is 72.5 Å². The SMILES string of the molecule is CCCCc1nc2c(NC(=O)C(F)(F)F)nc3ccccc3c2n1OCCCCNC(=O)C(C)(C)CC(C)(C)N. The van der Waals surface area contributed by atoms with Gasteiger partial charge < -0.3 is 21.2 Å². The van der Waals surface area contributed by atoms with Crippen molar-refractivity contribution in [2.75, 3.05) is 18.5 Å². The minimum atomic E-state index is -5.07. The highest BCUT2D eigenvalue weighted by Gasteiger charge is 2.39. The van der Waals surface area contributed by atoms with Gasteiger partial charge in [0.2, 0.25) is 5.91 Å². The highest BCUT2D eigenvalue weighted by molar-refractivity contribution is 6.10. The van der Waals surface area contributed by atoms with Gasteiger partial charge in [-0.25, -0.2) is 9.97 Å². The Morgan fingerprint density at radius 3 is 2.38 bits per heavy atom. The number of aromatic nitrogens is 3. The molecule has 0 unspecified atom stereocenters. The summed E-state index contributed by atoms with van der Waals surface area (Å²) < 4.78 is 40.6. The number of nitrogens with zero attached hydrogens (tertiary/aromatic N) is 3. The number of hydrogen-bond donors (Lipinski definition) is 3. The molecule has 3 rings (SSSR count). The average Bonchev–Trinajstić information content (AvgIpc) is 3.21. The summed E-state index contributed by atoms with van der Waals surface area (Å²) in [7, 11) is 0. The lowest BCUT2D eigenvalue weighted by molar-refractivity contribution is -0.167. The fourth-order valence-corrected chi connectivity index (χ4v) is 4.74. The largest absolute Gasteiger partial charge is 0.471 e. The van der Waals surface area contributed by atoms with E-state index in [-0.39, 0.29) is 23.8 Å². The van der Waals surface area contributed by atoms with Gasteiger partial charge in [0, 0.05) is 29.3 Å². The standard InChI is InChI=1S/C28H39F3N6O3/c1-6-7-14-20-35-21-22(18-12-8-9-13-19(18)34-23(21)36-25(39)28(29,30)31)37(20)40-16-11-10-15-33-24(38)26(2,3)17-27(4,5)32/h8-9,12-13H,6-7,10-11,14-17,32H2,1-5H3,(H,33,38)(H,34,36,39). The summed E-state index contributed by atoms with van der Waals surface area (Å²) in [6, 6.07) is 6.93. The fraction of sp³-hybridized carbons (Fsp3) is 0.571. The zero-order valence-corrected chi connectivity index (χ0v) is 23.7. The smallest absolute Gasteiger partial charge is 0.412 e. The molecule has 3 aromatic rings. The number of benzene rings is 1. The lowest BCUT2D eigenvalue weighted by Crippen LogP contribution is -2.45. The molecular weight excluding hydrogens is 525 g/mol. The molecule has 0 spiro atoms. The highest BCUT2D eigenvalue weighted by Crippen LogP contribution is 2.31. The number of alkyl halides is 3. The van der Waals surface area contributed by atoms with Gasteiger partial charge in [-0.3, -0.25) is 9.59 Å². The third kappa shape index (κ3) is 7.83. The van der Waals surface area contributed by atoms with Gasteiger partial charge in [0.25, 0.3) is 0 Å². The van der Waals surface area contributed by atoms with Gasteiger partial charge >= 0.3 is 12.1 Å². The van der Waals surface area contributed by atoms with Crippen LogP contribution in [-0.2, 0) is 16.0 Å². The maximum atomic E-state index is 13.0. The molecule has 4 N–H and O–H groups in total. The number of nitrogens with two attached hydrogens (primary N) is 1. The van der Waals surface area contributed by atoms with Gasteiger partial charge in [-0.1, -0.05) is 45.4 Å². The van der Waals surface area contributed by atoms with Crippen molar-refractivity contribution in [1.82, 2.24) is 20.0 Å². The summed E-state index contributed by atoms with van der Waals surface area (Å²) in [4.78, 5) is 39.3. The van der Waals surface area contributed by atoms with Crippen LogP contribution in [0.5, 0.6) is 0 Å². The second kappa shape index (κ2) is 12.4. The Hall–Kier alpha value is -3.41. The molecule has 0 aliphatic carbocycles. The van der Waals surface area contributed by atoms with E-state index >= 15 is 0 Å². The molecule has 0 aliphatic heterocycles. The first-order valence-electron chi connectivity index (χ1n) is 13.5. The Labute approximate surface area is 232 Å². The van der Waals surface area contributed by atoms with E-state index in [9.17, 15) is 22.8 Å². The van der Waals surface area contributed by atoms with Crippen molar-refractivity contribution >= 4 is 39.6 Å². The summed E-state index contributed by atoms with van der Waals surface area (Å²) in [5.74, 6) is -1.94. The quantitative estimate of drug-likeness (QED) is 0.254. The normalized spacial score (nSPS) is 12.6. The molecule has 0 saturated heterocycles. The number of imidazole rings is 1. The van der Waals surface area contributed by atoms with E-state index in [0.29, 0.717) is 54.5 Å². The molecule has 9 nitrogen and oxygen atoms in total. The third-order valence-electron chi connectivity index (χ3n) is 6.35. The summed E-state index contributed by atoms with van der Waals surface area (Å²) in [5.41, 5.74) is 5.98. The summed E-state index contributed by atoms with van der Waals surface area (Å²) in [6.07, 6.45) is -1.10. The Morgan fingerprint density at radius 2 is 1.73 bits per heavy atom. The van der Waals surface area contributed by atoms with Crippen LogP contribution in [0.4, 0.5) is 19.0 Å². The number of hydrogen-bond acceptors (Lipinski definition) is 6. The minimum absolute atomic E-state index is 0.0678. The summed E-state index contributed by atoms with van der Waals surface area (Å²) >= 11 is 0. The Kier molecular flexibility index (Phi) is 9.65. The minimum Gasteiger partial charge on any atom is -0.412 e. The molecule has 0 bridgehead atoms. The number of nitrogens with one attached hydrogen (secondary N) is 2. The molecule has 12 heteroatoms. The second-order valence-corrected chi connectivity index (χ2v) is 11.4. The maximum absolute atomic E-state index is 13.0. The lowest BCUT2D eigenvalue weighted by Gasteiger charge is -2.31. The molecule has 0 atom stereocenters. The number of rotatable bonds is 13. The molecule has 1 aromatic carbocycles. The number of unbranched alkanes of at least 4 members (excludes halogenated alkanes) is 2. The number of carbonyl (C=O) groups is 2. The number of fused-ring (bicyclic) bond motifs is 3. The van der Waals surface area contributed by atoms with Crippen molar-refractivity contribution in [3.8, 4) is 0 Å². The molecule has 0 saturated carbocycles. The van der Waals surface area contributed by atoms with Crippen molar-refractivity contribution < 1.29 is 27.6 Å². The zero-order valence-electron chi connectivity index (χ0n) is 23.7. The van der Waals surface area contributed by atoms with Gasteiger partial charge in [0.1, 0.15) is 23.5 Å². The van der Waals surface area contributed by atoms with Crippen LogP contribution in [0.15, 0.2) is 24.3 Å². The van der Waals surface area contributed by atoms with Crippen molar-refractivity contribution in [3.05, 3.63) is 30.1 Å².